The van der Waals surface area contributed by atoms with E-state index in [1.165, 1.54) is 4.90 Å². The van der Waals surface area contributed by atoms with E-state index < -0.39 is 12.7 Å². The summed E-state index contributed by atoms with van der Waals surface area (Å²) >= 11 is 3.34. The number of benzene rings is 1. The summed E-state index contributed by atoms with van der Waals surface area (Å²) in [5.41, 5.74) is 7.16. The van der Waals surface area contributed by atoms with Crippen LogP contribution in [0.5, 0.6) is 0 Å². The summed E-state index contributed by atoms with van der Waals surface area (Å²) in [6.45, 7) is 2.86. The minimum Gasteiger partial charge on any atom is -0.363 e. The fourth-order valence-electron chi connectivity index (χ4n) is 1.68. The molecule has 1 rings (SSSR count). The number of nitrogens with two attached hydrogens (primary N) is 1. The van der Waals surface area contributed by atoms with E-state index in [-0.39, 0.29) is 6.04 Å². The molecule has 1 atom stereocenters. The summed E-state index contributed by atoms with van der Waals surface area (Å²) in [5, 5.41) is 0. The Balaban J connectivity index is 2.98. The topological polar surface area (TPSA) is 29.3 Å². The van der Waals surface area contributed by atoms with E-state index >= 15 is 0 Å². The van der Waals surface area contributed by atoms with Gasteiger partial charge in [-0.15, -0.1) is 0 Å². The van der Waals surface area contributed by atoms with E-state index in [0.717, 1.165) is 10.0 Å². The van der Waals surface area contributed by atoms with Gasteiger partial charge in [0.05, 0.1) is 0 Å². The van der Waals surface area contributed by atoms with Crippen molar-refractivity contribution in [3.8, 4) is 0 Å². The number of alkyl halides is 3. The summed E-state index contributed by atoms with van der Waals surface area (Å²) < 4.78 is 38.0. The second kappa shape index (κ2) is 5.93. The quantitative estimate of drug-likeness (QED) is 0.911. The molecule has 0 saturated carbocycles. The Kier molecular flexibility index (Phi) is 5.04. The van der Waals surface area contributed by atoms with Crippen LogP contribution in [-0.4, -0.2) is 19.3 Å². The largest absolute Gasteiger partial charge is 0.405 e. The van der Waals surface area contributed by atoms with Crippen molar-refractivity contribution in [1.29, 1.82) is 0 Å². The molecule has 2 N–H and O–H groups in total. The van der Waals surface area contributed by atoms with Crippen LogP contribution in [0.3, 0.4) is 0 Å². The van der Waals surface area contributed by atoms with Gasteiger partial charge < -0.3 is 10.6 Å². The van der Waals surface area contributed by atoms with Crippen molar-refractivity contribution in [2.24, 2.45) is 5.73 Å². The Labute approximate surface area is 113 Å². The monoisotopic (exact) mass is 324 g/mol. The van der Waals surface area contributed by atoms with Gasteiger partial charge in [-0.25, -0.2) is 0 Å². The molecule has 0 fully saturated rings. The average Bonchev–Trinajstić information content (AvgIpc) is 2.24. The van der Waals surface area contributed by atoms with Crippen molar-refractivity contribution in [3.05, 3.63) is 28.2 Å². The molecule has 1 aromatic rings. The van der Waals surface area contributed by atoms with Gasteiger partial charge in [0.25, 0.3) is 0 Å². The molecule has 6 heteroatoms. The summed E-state index contributed by atoms with van der Waals surface area (Å²) in [6.07, 6.45) is -4.21. The summed E-state index contributed by atoms with van der Waals surface area (Å²) in [5.74, 6) is 0. The predicted octanol–water partition coefficient (Wildman–Crippen LogP) is 3.86. The molecule has 0 radical (unpaired) electrons. The lowest BCUT2D eigenvalue weighted by Crippen LogP contribution is -2.34. The first-order chi connectivity index (χ1) is 8.24. The lowest BCUT2D eigenvalue weighted by atomic mass is 10.1. The molecule has 18 heavy (non-hydrogen) atoms. The van der Waals surface area contributed by atoms with Gasteiger partial charge in [0.1, 0.15) is 6.54 Å². The van der Waals surface area contributed by atoms with Crippen LogP contribution in [0.15, 0.2) is 22.7 Å². The van der Waals surface area contributed by atoms with Gasteiger partial charge in [-0.05, 0) is 31.5 Å². The molecule has 0 heterocycles. The lowest BCUT2D eigenvalue weighted by molar-refractivity contribution is -0.119. The second-order valence-corrected chi connectivity index (χ2v) is 4.98. The van der Waals surface area contributed by atoms with Crippen molar-refractivity contribution in [2.45, 2.75) is 26.1 Å². The van der Waals surface area contributed by atoms with Gasteiger partial charge in [-0.1, -0.05) is 22.0 Å². The zero-order chi connectivity index (χ0) is 13.9. The zero-order valence-electron chi connectivity index (χ0n) is 10.3. The Morgan fingerprint density at radius 2 is 2.00 bits per heavy atom. The van der Waals surface area contributed by atoms with E-state index in [4.69, 9.17) is 5.73 Å². The van der Waals surface area contributed by atoms with E-state index in [1.807, 2.05) is 6.92 Å². The van der Waals surface area contributed by atoms with E-state index in [2.05, 4.69) is 15.9 Å². The van der Waals surface area contributed by atoms with Crippen LogP contribution in [0.4, 0.5) is 18.9 Å². The number of hydrogen-bond donors (Lipinski definition) is 1. The minimum absolute atomic E-state index is 0.161. The van der Waals surface area contributed by atoms with Crippen LogP contribution < -0.4 is 10.6 Å². The van der Waals surface area contributed by atoms with E-state index in [9.17, 15) is 13.2 Å². The predicted molar refractivity (Wildman–Crippen MR) is 70.7 cm³/mol. The molecule has 1 aromatic carbocycles. The van der Waals surface area contributed by atoms with Crippen LogP contribution >= 0.6 is 15.9 Å². The molecule has 0 aliphatic carbocycles. The molecule has 0 saturated heterocycles. The molecule has 0 bridgehead atoms. The third-order valence-corrected chi connectivity index (χ3v) is 3.28. The fraction of sp³-hybridized carbons (Fsp3) is 0.500. The number of rotatable bonds is 4. The van der Waals surface area contributed by atoms with Crippen LogP contribution in [0, 0.1) is 0 Å². The first-order valence-electron chi connectivity index (χ1n) is 5.61. The molecular formula is C12H16BrF3N2. The maximum Gasteiger partial charge on any atom is 0.405 e. The van der Waals surface area contributed by atoms with Crippen molar-refractivity contribution < 1.29 is 13.2 Å². The summed E-state index contributed by atoms with van der Waals surface area (Å²) in [6, 6.07) is 4.93. The van der Waals surface area contributed by atoms with Gasteiger partial charge in [-0.3, -0.25) is 0 Å². The highest BCUT2D eigenvalue weighted by Gasteiger charge is 2.30. The van der Waals surface area contributed by atoms with Crippen LogP contribution in [0.2, 0.25) is 0 Å². The van der Waals surface area contributed by atoms with E-state index in [0.29, 0.717) is 12.2 Å². The third-order valence-electron chi connectivity index (χ3n) is 2.59. The zero-order valence-corrected chi connectivity index (χ0v) is 11.8. The van der Waals surface area contributed by atoms with Crippen LogP contribution in [0.1, 0.15) is 25.5 Å². The molecular weight excluding hydrogens is 309 g/mol. The van der Waals surface area contributed by atoms with Crippen molar-refractivity contribution in [2.75, 3.05) is 18.0 Å². The van der Waals surface area contributed by atoms with Crippen molar-refractivity contribution >= 4 is 21.6 Å². The highest BCUT2D eigenvalue weighted by molar-refractivity contribution is 9.10. The lowest BCUT2D eigenvalue weighted by Gasteiger charge is -2.25. The van der Waals surface area contributed by atoms with Crippen molar-refractivity contribution in [1.82, 2.24) is 0 Å². The van der Waals surface area contributed by atoms with Gasteiger partial charge >= 0.3 is 6.18 Å². The Morgan fingerprint density at radius 1 is 1.39 bits per heavy atom. The molecule has 0 aliphatic rings. The molecule has 0 aromatic heterocycles. The molecule has 102 valence electrons. The van der Waals surface area contributed by atoms with Gasteiger partial charge in [0, 0.05) is 22.7 Å². The molecule has 0 aliphatic heterocycles. The Bertz CT molecular complexity index is 405. The minimum atomic E-state index is -4.21. The molecule has 2 nitrogen and oxygen atoms in total. The first kappa shape index (κ1) is 15.3. The van der Waals surface area contributed by atoms with Crippen molar-refractivity contribution in [3.63, 3.8) is 0 Å². The maximum absolute atomic E-state index is 12.4. The fourth-order valence-corrected chi connectivity index (χ4v) is 2.41. The van der Waals surface area contributed by atoms with Gasteiger partial charge in [0.2, 0.25) is 0 Å². The number of halogens is 4. The second-order valence-electron chi connectivity index (χ2n) is 4.12. The SMILES string of the molecule is CCN(CC(F)(F)F)c1ccc([C@H](C)N)c(Br)c1. The highest BCUT2D eigenvalue weighted by Crippen LogP contribution is 2.29. The number of nitrogens with zero attached hydrogens (tertiary/aromatic N) is 1. The molecule has 0 unspecified atom stereocenters. The maximum atomic E-state index is 12.4. The standard InChI is InChI=1S/C12H16BrF3N2/c1-3-18(7-12(14,15)16)9-4-5-10(8(2)17)11(13)6-9/h4-6,8H,3,7,17H2,1-2H3/t8-/m0/s1. The van der Waals surface area contributed by atoms with Crippen LogP contribution in [0.25, 0.3) is 0 Å². The first-order valence-corrected chi connectivity index (χ1v) is 6.40. The Morgan fingerprint density at radius 3 is 2.39 bits per heavy atom. The molecule has 0 spiro atoms. The number of hydrogen-bond acceptors (Lipinski definition) is 2. The highest BCUT2D eigenvalue weighted by atomic mass is 79.9. The smallest absolute Gasteiger partial charge is 0.363 e. The molecule has 0 amide bonds. The summed E-state index contributed by atoms with van der Waals surface area (Å²) in [7, 11) is 0. The van der Waals surface area contributed by atoms with Gasteiger partial charge in [-0.2, -0.15) is 13.2 Å². The number of anilines is 1. The average molecular weight is 325 g/mol. The van der Waals surface area contributed by atoms with E-state index in [1.54, 1.807) is 25.1 Å². The third kappa shape index (κ3) is 4.17. The normalized spacial score (nSPS) is 13.5. The van der Waals surface area contributed by atoms with Gasteiger partial charge in [0.15, 0.2) is 0 Å². The summed E-state index contributed by atoms with van der Waals surface area (Å²) in [4.78, 5) is 1.27. The van der Waals surface area contributed by atoms with Crippen LogP contribution in [-0.2, 0) is 0 Å². The Hall–Kier alpha value is -0.750.